The van der Waals surface area contributed by atoms with Gasteiger partial charge in [-0.2, -0.15) is 0 Å². The van der Waals surface area contributed by atoms with Gasteiger partial charge in [-0.15, -0.1) is 6.58 Å². The first-order valence-corrected chi connectivity index (χ1v) is 10.5. The maximum atomic E-state index is 13.3. The molecule has 0 radical (unpaired) electrons. The molecular weight excluding hydrogens is 350 g/mol. The third kappa shape index (κ3) is 5.89. The van der Waals surface area contributed by atoms with E-state index in [9.17, 15) is 8.78 Å². The van der Waals surface area contributed by atoms with Crippen molar-refractivity contribution in [3.8, 4) is 0 Å². The van der Waals surface area contributed by atoms with Crippen molar-refractivity contribution in [3.05, 3.63) is 95.1 Å². The molecule has 0 saturated carbocycles. The summed E-state index contributed by atoms with van der Waals surface area (Å²) in [6, 6.07) is 13.0. The zero-order chi connectivity index (χ0) is 19.8. The quantitative estimate of drug-likeness (QED) is 0.309. The lowest BCUT2D eigenvalue weighted by Gasteiger charge is -2.22. The first-order valence-electron chi connectivity index (χ1n) is 10.5. The van der Waals surface area contributed by atoms with Crippen LogP contribution in [0.2, 0.25) is 0 Å². The Labute approximate surface area is 168 Å². The second kappa shape index (κ2) is 10.4. The average Bonchev–Trinajstić information content (AvgIpc) is 2.73. The van der Waals surface area contributed by atoms with Crippen LogP contribution in [-0.4, -0.2) is 0 Å². The molecule has 2 aromatic carbocycles. The molecule has 3 rings (SSSR count). The van der Waals surface area contributed by atoms with Crippen molar-refractivity contribution in [2.45, 2.75) is 63.7 Å². The van der Waals surface area contributed by atoms with Crippen molar-refractivity contribution in [1.29, 1.82) is 0 Å². The van der Waals surface area contributed by atoms with Crippen LogP contribution in [-0.2, 0) is 12.8 Å². The molecule has 0 aromatic heterocycles. The molecule has 0 bridgehead atoms. The van der Waals surface area contributed by atoms with Crippen molar-refractivity contribution >= 4 is 0 Å². The standard InChI is InChI=1S/C26H30F2/c1-2-3-4-5-6-20-9-14-23(15-10-20)24-16-11-21(12-17-24)7-8-22-13-18-25(27)26(28)19-22/h2,9,11-13,16-19,23H,1,3-8,10,14-15H2. The summed E-state index contributed by atoms with van der Waals surface area (Å²) in [5.74, 6) is -0.926. The Balaban J connectivity index is 1.48. The molecule has 1 aliphatic carbocycles. The second-order valence-electron chi connectivity index (χ2n) is 7.86. The summed E-state index contributed by atoms with van der Waals surface area (Å²) >= 11 is 0. The van der Waals surface area contributed by atoms with Gasteiger partial charge in [0.25, 0.3) is 0 Å². The topological polar surface area (TPSA) is 0 Å². The smallest absolute Gasteiger partial charge is 0.159 e. The molecule has 0 spiro atoms. The maximum Gasteiger partial charge on any atom is 0.159 e. The van der Waals surface area contributed by atoms with Gasteiger partial charge in [0, 0.05) is 0 Å². The Kier molecular flexibility index (Phi) is 7.59. The van der Waals surface area contributed by atoms with Crippen molar-refractivity contribution in [1.82, 2.24) is 0 Å². The first-order chi connectivity index (χ1) is 13.7. The van der Waals surface area contributed by atoms with Crippen LogP contribution in [0.1, 0.15) is 67.6 Å². The minimum atomic E-state index is -0.783. The zero-order valence-corrected chi connectivity index (χ0v) is 16.6. The van der Waals surface area contributed by atoms with Crippen LogP contribution in [0.15, 0.2) is 66.8 Å². The van der Waals surface area contributed by atoms with Crippen molar-refractivity contribution in [3.63, 3.8) is 0 Å². The van der Waals surface area contributed by atoms with E-state index in [0.29, 0.717) is 5.92 Å². The van der Waals surface area contributed by atoms with Crippen LogP contribution >= 0.6 is 0 Å². The van der Waals surface area contributed by atoms with Crippen LogP contribution in [0.3, 0.4) is 0 Å². The molecule has 0 fully saturated rings. The van der Waals surface area contributed by atoms with Gasteiger partial charge < -0.3 is 0 Å². The Morgan fingerprint density at radius 1 is 0.893 bits per heavy atom. The Hall–Kier alpha value is -2.22. The fourth-order valence-electron chi connectivity index (χ4n) is 4.00. The van der Waals surface area contributed by atoms with E-state index in [1.54, 1.807) is 11.6 Å². The highest BCUT2D eigenvalue weighted by atomic mass is 19.2. The molecule has 148 valence electrons. The van der Waals surface area contributed by atoms with Gasteiger partial charge in [-0.05, 0) is 92.5 Å². The molecule has 2 aromatic rings. The van der Waals surface area contributed by atoms with Gasteiger partial charge in [-0.1, -0.05) is 48.1 Å². The minimum Gasteiger partial charge on any atom is -0.204 e. The molecule has 0 nitrogen and oxygen atoms in total. The highest BCUT2D eigenvalue weighted by Crippen LogP contribution is 2.34. The molecule has 0 aliphatic heterocycles. The van der Waals surface area contributed by atoms with Crippen molar-refractivity contribution < 1.29 is 8.78 Å². The van der Waals surface area contributed by atoms with Gasteiger partial charge in [-0.3, -0.25) is 0 Å². The SMILES string of the molecule is C=CCCCCC1=CCC(c2ccc(CCc3ccc(F)c(F)c3)cc2)CC1. The maximum absolute atomic E-state index is 13.3. The predicted octanol–water partition coefficient (Wildman–Crippen LogP) is 7.69. The molecule has 28 heavy (non-hydrogen) atoms. The molecule has 0 N–H and O–H groups in total. The molecule has 1 unspecified atom stereocenters. The summed E-state index contributed by atoms with van der Waals surface area (Å²) in [6.07, 6.45) is 14.5. The third-order valence-electron chi connectivity index (χ3n) is 5.80. The minimum absolute atomic E-state index is 0.622. The van der Waals surface area contributed by atoms with E-state index in [2.05, 4.69) is 36.9 Å². The van der Waals surface area contributed by atoms with Crippen LogP contribution in [0.4, 0.5) is 8.78 Å². The highest BCUT2D eigenvalue weighted by molar-refractivity contribution is 5.28. The first kappa shape index (κ1) is 20.5. The van der Waals surface area contributed by atoms with E-state index in [0.717, 1.165) is 31.2 Å². The molecule has 0 amide bonds. The van der Waals surface area contributed by atoms with Crippen LogP contribution in [0.5, 0.6) is 0 Å². The number of unbranched alkanes of at least 4 members (excludes halogenated alkanes) is 2. The summed E-state index contributed by atoms with van der Waals surface area (Å²) in [5, 5.41) is 0. The largest absolute Gasteiger partial charge is 0.204 e. The van der Waals surface area contributed by atoms with Gasteiger partial charge in [0.1, 0.15) is 0 Å². The van der Waals surface area contributed by atoms with E-state index in [1.807, 2.05) is 6.08 Å². The molecule has 1 atom stereocenters. The van der Waals surface area contributed by atoms with Gasteiger partial charge in [0.15, 0.2) is 11.6 Å². The lowest BCUT2D eigenvalue weighted by Crippen LogP contribution is -2.05. The Morgan fingerprint density at radius 3 is 2.32 bits per heavy atom. The number of hydrogen-bond acceptors (Lipinski definition) is 0. The van der Waals surface area contributed by atoms with E-state index < -0.39 is 11.6 Å². The fourth-order valence-corrected chi connectivity index (χ4v) is 4.00. The molecule has 0 heterocycles. The van der Waals surface area contributed by atoms with Gasteiger partial charge >= 0.3 is 0 Å². The highest BCUT2D eigenvalue weighted by Gasteiger charge is 2.16. The van der Waals surface area contributed by atoms with Crippen LogP contribution in [0.25, 0.3) is 0 Å². The van der Waals surface area contributed by atoms with Gasteiger partial charge in [0.05, 0.1) is 0 Å². The normalized spacial score (nSPS) is 16.6. The molecular formula is C26H30F2. The van der Waals surface area contributed by atoms with E-state index >= 15 is 0 Å². The van der Waals surface area contributed by atoms with E-state index in [-0.39, 0.29) is 0 Å². The third-order valence-corrected chi connectivity index (χ3v) is 5.80. The monoisotopic (exact) mass is 380 g/mol. The number of hydrogen-bond donors (Lipinski definition) is 0. The summed E-state index contributed by atoms with van der Waals surface area (Å²) in [6.45, 7) is 3.78. The molecule has 1 aliphatic rings. The summed E-state index contributed by atoms with van der Waals surface area (Å²) in [5.41, 5.74) is 5.12. The second-order valence-corrected chi connectivity index (χ2v) is 7.86. The van der Waals surface area contributed by atoms with Gasteiger partial charge in [-0.25, -0.2) is 8.78 Å². The van der Waals surface area contributed by atoms with E-state index in [1.165, 1.54) is 55.4 Å². The number of benzene rings is 2. The predicted molar refractivity (Wildman–Crippen MR) is 114 cm³/mol. The zero-order valence-electron chi connectivity index (χ0n) is 16.6. The Bertz CT molecular complexity index is 802. The van der Waals surface area contributed by atoms with Crippen LogP contribution in [0, 0.1) is 11.6 Å². The van der Waals surface area contributed by atoms with Crippen molar-refractivity contribution in [2.75, 3.05) is 0 Å². The number of allylic oxidation sites excluding steroid dienone is 3. The number of rotatable bonds is 9. The van der Waals surface area contributed by atoms with Crippen LogP contribution < -0.4 is 0 Å². The average molecular weight is 381 g/mol. The molecule has 2 heteroatoms. The number of aryl methyl sites for hydroxylation is 2. The fraction of sp³-hybridized carbons (Fsp3) is 0.385. The lowest BCUT2D eigenvalue weighted by atomic mass is 9.83. The Morgan fingerprint density at radius 2 is 1.64 bits per heavy atom. The molecule has 0 saturated heterocycles. The van der Waals surface area contributed by atoms with Crippen molar-refractivity contribution in [2.24, 2.45) is 0 Å². The van der Waals surface area contributed by atoms with E-state index in [4.69, 9.17) is 0 Å². The summed E-state index contributed by atoms with van der Waals surface area (Å²) in [7, 11) is 0. The summed E-state index contributed by atoms with van der Waals surface area (Å²) in [4.78, 5) is 0. The number of halogens is 2. The van der Waals surface area contributed by atoms with Gasteiger partial charge in [0.2, 0.25) is 0 Å². The summed E-state index contributed by atoms with van der Waals surface area (Å²) < 4.78 is 26.3. The lowest BCUT2D eigenvalue weighted by molar-refractivity contribution is 0.507.